The molecule has 0 spiro atoms. The fraction of sp³-hybridized carbons (Fsp3) is 0.318. The van der Waals surface area contributed by atoms with Gasteiger partial charge in [0, 0.05) is 31.4 Å². The van der Waals surface area contributed by atoms with Crippen LogP contribution in [-0.4, -0.2) is 63.8 Å². The Kier molecular flexibility index (Phi) is 7.21. The van der Waals surface area contributed by atoms with Gasteiger partial charge in [0.25, 0.3) is 5.91 Å². The Hall–Kier alpha value is -3.73. The number of hydrogen-bond donors (Lipinski definition) is 2. The predicted octanol–water partition coefficient (Wildman–Crippen LogP) is 3.14. The summed E-state index contributed by atoms with van der Waals surface area (Å²) in [5.74, 6) is -0.218. The summed E-state index contributed by atoms with van der Waals surface area (Å²) in [6, 6.07) is 8.40. The number of halogens is 2. The van der Waals surface area contributed by atoms with Gasteiger partial charge in [0.15, 0.2) is 0 Å². The van der Waals surface area contributed by atoms with Gasteiger partial charge in [-0.1, -0.05) is 17.7 Å². The van der Waals surface area contributed by atoms with Crippen LogP contribution in [0.2, 0.25) is 5.02 Å². The maximum absolute atomic E-state index is 13.3. The number of ether oxygens (including phenoxy) is 1. The number of likely N-dealkylation sites (tertiary alicyclic amines) is 1. The fourth-order valence-corrected chi connectivity index (χ4v) is 4.14. The second kappa shape index (κ2) is 10.5. The molecule has 2 heterocycles. The van der Waals surface area contributed by atoms with Gasteiger partial charge in [-0.2, -0.15) is 4.68 Å². The molecule has 1 unspecified atom stereocenters. The van der Waals surface area contributed by atoms with Crippen molar-refractivity contribution >= 4 is 29.2 Å². The van der Waals surface area contributed by atoms with Gasteiger partial charge in [-0.3, -0.25) is 4.79 Å². The standard InChI is InChI=1S/C22H23ClFN7O3/c1-34-20-10-19(31-13-26-28-29-31)18(23)9-17(20)21(32)30-7-3-4-14(12-30)11-25-22(33)27-16-6-2-5-15(24)8-16/h2,5-6,8-10,13-14H,3-4,7,11-12H2,1H3,(H2,25,27,33). The molecule has 1 aliphatic rings. The number of rotatable bonds is 6. The molecule has 178 valence electrons. The van der Waals surface area contributed by atoms with E-state index in [1.807, 2.05) is 0 Å². The highest BCUT2D eigenvalue weighted by Crippen LogP contribution is 2.31. The molecular weight excluding hydrogens is 465 g/mol. The Morgan fingerprint density at radius 2 is 2.15 bits per heavy atom. The predicted molar refractivity (Wildman–Crippen MR) is 123 cm³/mol. The van der Waals surface area contributed by atoms with E-state index in [-0.39, 0.29) is 11.8 Å². The van der Waals surface area contributed by atoms with Crippen molar-refractivity contribution in [2.24, 2.45) is 5.92 Å². The number of benzene rings is 2. The second-order valence-electron chi connectivity index (χ2n) is 7.86. The Labute approximate surface area is 200 Å². The average Bonchev–Trinajstić information content (AvgIpc) is 3.37. The Balaban J connectivity index is 1.39. The van der Waals surface area contributed by atoms with Crippen LogP contribution in [-0.2, 0) is 0 Å². The molecule has 0 radical (unpaired) electrons. The quantitative estimate of drug-likeness (QED) is 0.552. The van der Waals surface area contributed by atoms with E-state index in [2.05, 4.69) is 26.2 Å². The van der Waals surface area contributed by atoms with Crippen LogP contribution in [0.5, 0.6) is 5.75 Å². The minimum atomic E-state index is -0.430. The molecule has 1 aromatic heterocycles. The SMILES string of the molecule is COc1cc(-n2cnnn2)c(Cl)cc1C(=O)N1CCCC(CNC(=O)Nc2cccc(F)c2)C1. The minimum absolute atomic E-state index is 0.0675. The molecule has 4 rings (SSSR count). The highest BCUT2D eigenvalue weighted by atomic mass is 35.5. The van der Waals surface area contributed by atoms with Gasteiger partial charge >= 0.3 is 6.03 Å². The summed E-state index contributed by atoms with van der Waals surface area (Å²) in [5, 5.41) is 16.7. The van der Waals surface area contributed by atoms with E-state index >= 15 is 0 Å². The fourth-order valence-electron chi connectivity index (χ4n) is 3.89. The van der Waals surface area contributed by atoms with Crippen molar-refractivity contribution < 1.29 is 18.7 Å². The van der Waals surface area contributed by atoms with Crippen LogP contribution in [0.3, 0.4) is 0 Å². The normalized spacial score (nSPS) is 15.6. The number of tetrazole rings is 1. The molecule has 12 heteroatoms. The lowest BCUT2D eigenvalue weighted by molar-refractivity contribution is 0.0672. The topological polar surface area (TPSA) is 114 Å². The first-order chi connectivity index (χ1) is 16.4. The average molecular weight is 488 g/mol. The first-order valence-electron chi connectivity index (χ1n) is 10.6. The number of urea groups is 1. The van der Waals surface area contributed by atoms with E-state index in [0.717, 1.165) is 12.8 Å². The molecule has 1 saturated heterocycles. The Morgan fingerprint density at radius 3 is 2.88 bits per heavy atom. The number of amides is 3. The lowest BCUT2D eigenvalue weighted by Gasteiger charge is -2.33. The Bertz CT molecular complexity index is 1180. The lowest BCUT2D eigenvalue weighted by Crippen LogP contribution is -2.44. The molecule has 0 bridgehead atoms. The summed E-state index contributed by atoms with van der Waals surface area (Å²) in [4.78, 5) is 27.2. The molecule has 34 heavy (non-hydrogen) atoms. The van der Waals surface area contributed by atoms with Gasteiger partial charge < -0.3 is 20.3 Å². The summed E-state index contributed by atoms with van der Waals surface area (Å²) >= 11 is 6.40. The van der Waals surface area contributed by atoms with Crippen molar-refractivity contribution in [2.45, 2.75) is 12.8 Å². The number of piperidine rings is 1. The summed E-state index contributed by atoms with van der Waals surface area (Å²) in [5.41, 5.74) is 1.19. The molecule has 10 nitrogen and oxygen atoms in total. The van der Waals surface area contributed by atoms with Crippen molar-refractivity contribution in [1.29, 1.82) is 0 Å². The number of nitrogens with one attached hydrogen (secondary N) is 2. The van der Waals surface area contributed by atoms with Crippen molar-refractivity contribution in [1.82, 2.24) is 30.4 Å². The molecule has 3 aromatic rings. The lowest BCUT2D eigenvalue weighted by atomic mass is 9.97. The van der Waals surface area contributed by atoms with Crippen molar-refractivity contribution in [3.63, 3.8) is 0 Å². The van der Waals surface area contributed by atoms with E-state index < -0.39 is 11.8 Å². The molecule has 1 atom stereocenters. The number of methoxy groups -OCH3 is 1. The molecule has 0 aliphatic carbocycles. The maximum atomic E-state index is 13.3. The third kappa shape index (κ3) is 5.42. The summed E-state index contributed by atoms with van der Waals surface area (Å²) in [6.07, 6.45) is 3.05. The van der Waals surface area contributed by atoms with E-state index in [1.165, 1.54) is 36.3 Å². The van der Waals surface area contributed by atoms with Gasteiger partial charge in [-0.25, -0.2) is 9.18 Å². The molecular formula is C22H23ClFN7O3. The van der Waals surface area contributed by atoms with Crippen LogP contribution in [0.1, 0.15) is 23.2 Å². The smallest absolute Gasteiger partial charge is 0.319 e. The van der Waals surface area contributed by atoms with Crippen LogP contribution in [0.15, 0.2) is 42.7 Å². The highest BCUT2D eigenvalue weighted by molar-refractivity contribution is 6.33. The second-order valence-corrected chi connectivity index (χ2v) is 8.27. The van der Waals surface area contributed by atoms with Crippen LogP contribution < -0.4 is 15.4 Å². The van der Waals surface area contributed by atoms with Gasteiger partial charge in [-0.05, 0) is 53.5 Å². The van der Waals surface area contributed by atoms with Crippen LogP contribution in [0.4, 0.5) is 14.9 Å². The molecule has 2 aromatic carbocycles. The molecule has 1 aliphatic heterocycles. The molecule has 0 saturated carbocycles. The third-order valence-electron chi connectivity index (χ3n) is 5.54. The van der Waals surface area contributed by atoms with Crippen molar-refractivity contribution in [3.8, 4) is 11.4 Å². The number of carbonyl (C=O) groups excluding carboxylic acids is 2. The van der Waals surface area contributed by atoms with Gasteiger partial charge in [0.05, 0.1) is 23.4 Å². The minimum Gasteiger partial charge on any atom is -0.496 e. The van der Waals surface area contributed by atoms with E-state index in [1.54, 1.807) is 23.1 Å². The Morgan fingerprint density at radius 1 is 1.29 bits per heavy atom. The molecule has 1 fully saturated rings. The largest absolute Gasteiger partial charge is 0.496 e. The van der Waals surface area contributed by atoms with Crippen LogP contribution in [0, 0.1) is 11.7 Å². The zero-order valence-corrected chi connectivity index (χ0v) is 19.1. The zero-order chi connectivity index (χ0) is 24.1. The number of aromatic nitrogens is 4. The first kappa shape index (κ1) is 23.4. The first-order valence-corrected chi connectivity index (χ1v) is 11.0. The van der Waals surface area contributed by atoms with E-state index in [4.69, 9.17) is 16.3 Å². The van der Waals surface area contributed by atoms with E-state index in [0.29, 0.717) is 47.3 Å². The van der Waals surface area contributed by atoms with Crippen LogP contribution in [0.25, 0.3) is 5.69 Å². The van der Waals surface area contributed by atoms with Crippen molar-refractivity contribution in [2.75, 3.05) is 32.1 Å². The summed E-state index contributed by atoms with van der Waals surface area (Å²) < 4.78 is 20.1. The summed E-state index contributed by atoms with van der Waals surface area (Å²) in [7, 11) is 1.48. The van der Waals surface area contributed by atoms with Crippen LogP contribution >= 0.6 is 11.6 Å². The summed E-state index contributed by atoms with van der Waals surface area (Å²) in [6.45, 7) is 1.43. The van der Waals surface area contributed by atoms with Gasteiger partial charge in [-0.15, -0.1) is 5.10 Å². The highest BCUT2D eigenvalue weighted by Gasteiger charge is 2.27. The third-order valence-corrected chi connectivity index (χ3v) is 5.84. The maximum Gasteiger partial charge on any atom is 0.319 e. The number of nitrogens with zero attached hydrogens (tertiary/aromatic N) is 5. The van der Waals surface area contributed by atoms with E-state index in [9.17, 15) is 14.0 Å². The zero-order valence-electron chi connectivity index (χ0n) is 18.4. The van der Waals surface area contributed by atoms with Crippen molar-refractivity contribution in [3.05, 3.63) is 59.1 Å². The number of hydrogen-bond acceptors (Lipinski definition) is 6. The monoisotopic (exact) mass is 487 g/mol. The number of carbonyl (C=O) groups is 2. The van der Waals surface area contributed by atoms with Gasteiger partial charge in [0.2, 0.25) is 0 Å². The number of anilines is 1. The molecule has 3 amide bonds. The van der Waals surface area contributed by atoms with Gasteiger partial charge in [0.1, 0.15) is 17.9 Å². The molecule has 2 N–H and O–H groups in total.